The normalized spacial score (nSPS) is 30.1. The van der Waals surface area contributed by atoms with E-state index < -0.39 is 0 Å². The molecule has 14 heavy (non-hydrogen) atoms. The zero-order chi connectivity index (χ0) is 10.1. The molecule has 0 aromatic heterocycles. The van der Waals surface area contributed by atoms with E-state index in [4.69, 9.17) is 4.74 Å². The Bertz CT molecular complexity index is 226. The van der Waals surface area contributed by atoms with Crippen LogP contribution in [0.3, 0.4) is 0 Å². The molecule has 0 aliphatic carbocycles. The van der Waals surface area contributed by atoms with Crippen LogP contribution in [-0.2, 0) is 4.74 Å². The highest BCUT2D eigenvalue weighted by atomic mass is 16.5. The van der Waals surface area contributed by atoms with E-state index in [1.165, 1.54) is 0 Å². The summed E-state index contributed by atoms with van der Waals surface area (Å²) in [5.41, 5.74) is 0. The van der Waals surface area contributed by atoms with Crippen molar-refractivity contribution >= 4 is 6.03 Å². The number of carbonyl (C=O) groups is 1. The van der Waals surface area contributed by atoms with E-state index in [0.29, 0.717) is 12.0 Å². The molecule has 0 N–H and O–H groups in total. The Balaban J connectivity index is 2.00. The molecule has 2 saturated heterocycles. The molecule has 0 aromatic carbocycles. The van der Waals surface area contributed by atoms with Crippen LogP contribution in [0.25, 0.3) is 0 Å². The van der Waals surface area contributed by atoms with Gasteiger partial charge in [-0.1, -0.05) is 0 Å². The van der Waals surface area contributed by atoms with Crippen LogP contribution in [0.15, 0.2) is 0 Å². The Morgan fingerprint density at radius 2 is 1.93 bits per heavy atom. The lowest BCUT2D eigenvalue weighted by Crippen LogP contribution is -2.38. The molecule has 2 amide bonds. The summed E-state index contributed by atoms with van der Waals surface area (Å²) in [6.07, 6.45) is 2.19. The average Bonchev–Trinajstić information content (AvgIpc) is 2.47. The van der Waals surface area contributed by atoms with Crippen LogP contribution < -0.4 is 0 Å². The van der Waals surface area contributed by atoms with Gasteiger partial charge in [-0.05, 0) is 18.8 Å². The average molecular weight is 198 g/mol. The quantitative estimate of drug-likeness (QED) is 0.623. The molecule has 2 rings (SSSR count). The summed E-state index contributed by atoms with van der Waals surface area (Å²) >= 11 is 0. The molecule has 1 atom stereocenters. The van der Waals surface area contributed by atoms with Crippen molar-refractivity contribution in [2.24, 2.45) is 5.92 Å². The fraction of sp³-hybridized carbons (Fsp3) is 0.900. The first-order valence-electron chi connectivity index (χ1n) is 5.26. The number of nitrogens with zero attached hydrogens (tertiary/aromatic N) is 2. The molecule has 4 nitrogen and oxygen atoms in total. The van der Waals surface area contributed by atoms with E-state index in [-0.39, 0.29) is 6.03 Å². The predicted octanol–water partition coefficient (Wildman–Crippen LogP) is 0.779. The van der Waals surface area contributed by atoms with Gasteiger partial charge >= 0.3 is 6.03 Å². The van der Waals surface area contributed by atoms with Gasteiger partial charge in [0.2, 0.25) is 0 Å². The van der Waals surface area contributed by atoms with Crippen molar-refractivity contribution in [2.75, 3.05) is 33.9 Å². The molecular formula is C10H18N2O2. The Kier molecular flexibility index (Phi) is 2.63. The van der Waals surface area contributed by atoms with Gasteiger partial charge < -0.3 is 14.5 Å². The number of amides is 2. The first kappa shape index (κ1) is 9.77. The van der Waals surface area contributed by atoms with Crippen LogP contribution in [0.2, 0.25) is 0 Å². The van der Waals surface area contributed by atoms with E-state index in [9.17, 15) is 4.79 Å². The Morgan fingerprint density at radius 1 is 1.29 bits per heavy atom. The van der Waals surface area contributed by atoms with Crippen molar-refractivity contribution in [2.45, 2.75) is 18.9 Å². The standard InChI is InChI=1S/C10H18N2O2/c1-11-7-9(12(2)10(11)13)8-3-5-14-6-4-8/h8-9H,3-7H2,1-2H3. The zero-order valence-electron chi connectivity index (χ0n) is 8.90. The summed E-state index contributed by atoms with van der Waals surface area (Å²) in [5.74, 6) is 0.627. The van der Waals surface area contributed by atoms with E-state index in [2.05, 4.69) is 0 Å². The van der Waals surface area contributed by atoms with Crippen molar-refractivity contribution < 1.29 is 9.53 Å². The summed E-state index contributed by atoms with van der Waals surface area (Å²) in [7, 11) is 3.78. The second-order valence-electron chi connectivity index (χ2n) is 4.29. The van der Waals surface area contributed by atoms with Crippen LogP contribution in [-0.4, -0.2) is 55.7 Å². The van der Waals surface area contributed by atoms with E-state index in [1.807, 2.05) is 19.0 Å². The van der Waals surface area contributed by atoms with Crippen molar-refractivity contribution in [1.29, 1.82) is 0 Å². The monoisotopic (exact) mass is 198 g/mol. The van der Waals surface area contributed by atoms with E-state index in [0.717, 1.165) is 32.6 Å². The van der Waals surface area contributed by atoms with E-state index >= 15 is 0 Å². The van der Waals surface area contributed by atoms with Gasteiger partial charge in [0.15, 0.2) is 0 Å². The Morgan fingerprint density at radius 3 is 2.43 bits per heavy atom. The maximum Gasteiger partial charge on any atom is 0.319 e. The lowest BCUT2D eigenvalue weighted by Gasteiger charge is -2.30. The molecule has 0 spiro atoms. The van der Waals surface area contributed by atoms with Crippen LogP contribution in [0.5, 0.6) is 0 Å². The summed E-state index contributed by atoms with van der Waals surface area (Å²) in [5, 5.41) is 0. The largest absolute Gasteiger partial charge is 0.381 e. The second-order valence-corrected chi connectivity index (χ2v) is 4.29. The summed E-state index contributed by atoms with van der Waals surface area (Å²) in [6.45, 7) is 2.58. The predicted molar refractivity (Wildman–Crippen MR) is 53.1 cm³/mol. The molecular weight excluding hydrogens is 180 g/mol. The third-order valence-electron chi connectivity index (χ3n) is 3.40. The molecule has 2 fully saturated rings. The smallest absolute Gasteiger partial charge is 0.319 e. The molecule has 2 heterocycles. The van der Waals surface area contributed by atoms with Gasteiger partial charge in [0.25, 0.3) is 0 Å². The highest BCUT2D eigenvalue weighted by Gasteiger charge is 2.37. The maximum absolute atomic E-state index is 11.6. The maximum atomic E-state index is 11.6. The molecule has 2 aliphatic heterocycles. The van der Waals surface area contributed by atoms with Gasteiger partial charge in [-0.2, -0.15) is 0 Å². The zero-order valence-corrected chi connectivity index (χ0v) is 8.90. The first-order valence-corrected chi connectivity index (χ1v) is 5.26. The Labute approximate surface area is 84.8 Å². The van der Waals surface area contributed by atoms with Gasteiger partial charge in [-0.15, -0.1) is 0 Å². The van der Waals surface area contributed by atoms with Crippen molar-refractivity contribution in [3.05, 3.63) is 0 Å². The summed E-state index contributed by atoms with van der Waals surface area (Å²) in [4.78, 5) is 15.3. The number of ether oxygens (including phenoxy) is 1. The highest BCUT2D eigenvalue weighted by molar-refractivity contribution is 5.76. The summed E-state index contributed by atoms with van der Waals surface area (Å²) in [6, 6.07) is 0.554. The number of hydrogen-bond donors (Lipinski definition) is 0. The fourth-order valence-electron chi connectivity index (χ4n) is 2.46. The molecule has 80 valence electrons. The lowest BCUT2D eigenvalue weighted by atomic mass is 9.91. The number of hydrogen-bond acceptors (Lipinski definition) is 2. The van der Waals surface area contributed by atoms with Crippen molar-refractivity contribution in [3.8, 4) is 0 Å². The van der Waals surface area contributed by atoms with Gasteiger partial charge in [-0.3, -0.25) is 0 Å². The molecule has 0 aromatic rings. The number of carbonyl (C=O) groups excluding carboxylic acids is 1. The second kappa shape index (κ2) is 3.77. The number of likely N-dealkylation sites (N-methyl/N-ethyl adjacent to an activating group) is 2. The Hall–Kier alpha value is -0.770. The van der Waals surface area contributed by atoms with E-state index in [1.54, 1.807) is 4.90 Å². The molecule has 0 bridgehead atoms. The lowest BCUT2D eigenvalue weighted by molar-refractivity contribution is 0.0453. The topological polar surface area (TPSA) is 32.8 Å². The minimum absolute atomic E-state index is 0.154. The third-order valence-corrected chi connectivity index (χ3v) is 3.40. The SMILES string of the molecule is CN1CC(C2CCOCC2)N(C)C1=O. The minimum atomic E-state index is 0.154. The van der Waals surface area contributed by atoms with Gasteiger partial charge in [0.05, 0.1) is 6.04 Å². The number of rotatable bonds is 1. The fourth-order valence-corrected chi connectivity index (χ4v) is 2.46. The van der Waals surface area contributed by atoms with Crippen molar-refractivity contribution in [1.82, 2.24) is 9.80 Å². The minimum Gasteiger partial charge on any atom is -0.381 e. The highest BCUT2D eigenvalue weighted by Crippen LogP contribution is 2.26. The molecule has 4 heteroatoms. The molecule has 2 aliphatic rings. The molecule has 1 unspecified atom stereocenters. The first-order chi connectivity index (χ1) is 6.70. The van der Waals surface area contributed by atoms with Crippen LogP contribution >= 0.6 is 0 Å². The number of urea groups is 1. The van der Waals surface area contributed by atoms with Crippen LogP contribution in [0.4, 0.5) is 4.79 Å². The van der Waals surface area contributed by atoms with Crippen LogP contribution in [0, 0.1) is 5.92 Å². The van der Waals surface area contributed by atoms with Crippen LogP contribution in [0.1, 0.15) is 12.8 Å². The molecule has 0 saturated carbocycles. The molecule has 0 radical (unpaired) electrons. The third kappa shape index (κ3) is 1.59. The van der Waals surface area contributed by atoms with Gasteiger partial charge in [-0.25, -0.2) is 4.79 Å². The van der Waals surface area contributed by atoms with Gasteiger partial charge in [0.1, 0.15) is 0 Å². The summed E-state index contributed by atoms with van der Waals surface area (Å²) < 4.78 is 5.33. The van der Waals surface area contributed by atoms with Crippen molar-refractivity contribution in [3.63, 3.8) is 0 Å². The van der Waals surface area contributed by atoms with Gasteiger partial charge in [0, 0.05) is 33.9 Å².